The molecule has 0 saturated carbocycles. The Morgan fingerprint density at radius 1 is 0.745 bits per heavy atom. The summed E-state index contributed by atoms with van der Waals surface area (Å²) < 4.78 is 97.6. The van der Waals surface area contributed by atoms with E-state index < -0.39 is 30.4 Å². The molecule has 0 radical (unpaired) electrons. The molecule has 3 N–H and O–H groups in total. The minimum Gasteiger partial charge on any atom is -0.378 e. The number of hydrogen-bond acceptors (Lipinski definition) is 9. The number of nitrogens with one attached hydrogen (secondary N) is 1. The van der Waals surface area contributed by atoms with Gasteiger partial charge in [0, 0.05) is 11.3 Å². The molecule has 0 heterocycles. The van der Waals surface area contributed by atoms with Crippen LogP contribution in [0.3, 0.4) is 0 Å². The van der Waals surface area contributed by atoms with Gasteiger partial charge in [0.2, 0.25) is 0 Å². The van der Waals surface area contributed by atoms with Crippen molar-refractivity contribution in [3.63, 3.8) is 0 Å². The van der Waals surface area contributed by atoms with Crippen molar-refractivity contribution in [3.05, 3.63) is 149 Å². The number of rotatable bonds is 13. The summed E-state index contributed by atoms with van der Waals surface area (Å²) in [6.07, 6.45) is 7.74. The topological polar surface area (TPSA) is 176 Å². The van der Waals surface area contributed by atoms with Gasteiger partial charge in [-0.2, -0.15) is 25.3 Å². The highest BCUT2D eigenvalue weighted by Crippen LogP contribution is 2.36. The van der Waals surface area contributed by atoms with Crippen molar-refractivity contribution in [1.82, 2.24) is 0 Å². The predicted octanol–water partition coefficient (Wildman–Crippen LogP) is 7.04. The molecule has 11 nitrogen and oxygen atoms in total. The lowest BCUT2D eigenvalue weighted by molar-refractivity contribution is 0.338. The first-order chi connectivity index (χ1) is 24.2. The van der Waals surface area contributed by atoms with Gasteiger partial charge in [-0.3, -0.25) is 18.3 Å². The van der Waals surface area contributed by atoms with Gasteiger partial charge in [-0.15, -0.1) is 0 Å². The van der Waals surface area contributed by atoms with Gasteiger partial charge in [-0.25, -0.2) is 0 Å². The molecule has 14 heteroatoms. The van der Waals surface area contributed by atoms with Crippen molar-refractivity contribution in [3.8, 4) is 0 Å². The Labute approximate surface area is 298 Å². The van der Waals surface area contributed by atoms with E-state index in [1.54, 1.807) is 55.5 Å². The van der Waals surface area contributed by atoms with Crippen molar-refractivity contribution in [2.45, 2.75) is 47.5 Å². The molecule has 1 unspecified atom stereocenters. The van der Waals surface area contributed by atoms with Crippen LogP contribution in [-0.2, 0) is 41.1 Å². The molecular weight excluding hydrogens is 713 g/mol. The SMILES string of the molecule is CCOS(=O)(=O)c1ccc(CN=C2C=CC(=C(c3ccccc3)c3ccc(NC(CC)c4ccc(S(=O)(=O)O)cc4)cc3S(=O)(=O)O)C=C2)cc1. The summed E-state index contributed by atoms with van der Waals surface area (Å²) in [6.45, 7) is 3.83. The average molecular weight is 749 g/mol. The average Bonchev–Trinajstić information content (AvgIpc) is 3.10. The Balaban J connectivity index is 1.46. The summed E-state index contributed by atoms with van der Waals surface area (Å²) in [5.41, 5.74) is 4.74. The van der Waals surface area contributed by atoms with Crippen molar-refractivity contribution in [2.75, 3.05) is 11.9 Å². The molecule has 51 heavy (non-hydrogen) atoms. The Hall–Kier alpha value is -4.70. The third kappa shape index (κ3) is 9.35. The van der Waals surface area contributed by atoms with E-state index in [9.17, 15) is 34.4 Å². The first-order valence-corrected chi connectivity index (χ1v) is 20.1. The molecule has 0 fully saturated rings. The zero-order chi connectivity index (χ0) is 36.8. The number of benzene rings is 4. The van der Waals surface area contributed by atoms with Crippen LogP contribution in [0, 0.1) is 0 Å². The van der Waals surface area contributed by atoms with Crippen molar-refractivity contribution in [2.24, 2.45) is 4.99 Å². The van der Waals surface area contributed by atoms with E-state index in [2.05, 4.69) is 10.3 Å². The molecule has 0 spiro atoms. The van der Waals surface area contributed by atoms with Gasteiger partial charge in [-0.05, 0) is 89.7 Å². The Kier molecular flexibility index (Phi) is 11.5. The largest absolute Gasteiger partial charge is 0.378 e. The van der Waals surface area contributed by atoms with Crippen LogP contribution in [0.1, 0.15) is 48.6 Å². The first-order valence-electron chi connectivity index (χ1n) is 15.8. The maximum Gasteiger partial charge on any atom is 0.296 e. The maximum absolute atomic E-state index is 12.9. The normalized spacial score (nSPS) is 14.0. The molecule has 4 aromatic rings. The highest BCUT2D eigenvalue weighted by Gasteiger charge is 2.23. The van der Waals surface area contributed by atoms with Crippen LogP contribution in [0.25, 0.3) is 5.57 Å². The van der Waals surface area contributed by atoms with E-state index in [1.807, 2.05) is 49.4 Å². The van der Waals surface area contributed by atoms with Gasteiger partial charge in [0.1, 0.15) is 4.90 Å². The molecule has 1 atom stereocenters. The van der Waals surface area contributed by atoms with Crippen LogP contribution in [0.15, 0.2) is 147 Å². The number of aliphatic imine (C=N–C) groups is 1. The quantitative estimate of drug-likeness (QED) is 0.0950. The number of allylic oxidation sites excluding steroid dienone is 5. The molecule has 0 aromatic heterocycles. The van der Waals surface area contributed by atoms with E-state index in [0.29, 0.717) is 40.1 Å². The van der Waals surface area contributed by atoms with Gasteiger partial charge in [0.05, 0.1) is 34.7 Å². The lowest BCUT2D eigenvalue weighted by Gasteiger charge is -2.21. The monoisotopic (exact) mass is 748 g/mol. The molecule has 0 saturated heterocycles. The minimum atomic E-state index is -4.73. The Bertz CT molecular complexity index is 2330. The van der Waals surface area contributed by atoms with E-state index >= 15 is 0 Å². The van der Waals surface area contributed by atoms with Crippen molar-refractivity contribution < 1.29 is 38.5 Å². The summed E-state index contributed by atoms with van der Waals surface area (Å²) in [5, 5.41) is 3.27. The van der Waals surface area contributed by atoms with Crippen molar-refractivity contribution >= 4 is 47.3 Å². The second-order valence-corrected chi connectivity index (χ2v) is 15.9. The lowest BCUT2D eigenvalue weighted by Crippen LogP contribution is -2.12. The van der Waals surface area contributed by atoms with Crippen molar-refractivity contribution in [1.29, 1.82) is 0 Å². The number of hydrogen-bond donors (Lipinski definition) is 3. The summed E-state index contributed by atoms with van der Waals surface area (Å²) in [5.74, 6) is 0. The summed E-state index contributed by atoms with van der Waals surface area (Å²) in [7, 11) is -12.9. The zero-order valence-electron chi connectivity index (χ0n) is 27.7. The van der Waals surface area contributed by atoms with Crippen LogP contribution in [0.4, 0.5) is 5.69 Å². The molecule has 1 aliphatic rings. The van der Waals surface area contributed by atoms with Crippen LogP contribution in [0.5, 0.6) is 0 Å². The fourth-order valence-corrected chi connectivity index (χ4v) is 7.63. The fourth-order valence-electron chi connectivity index (χ4n) is 5.51. The van der Waals surface area contributed by atoms with Crippen LogP contribution >= 0.6 is 0 Å². The van der Waals surface area contributed by atoms with Gasteiger partial charge in [-0.1, -0.05) is 79.7 Å². The smallest absolute Gasteiger partial charge is 0.296 e. The third-order valence-electron chi connectivity index (χ3n) is 8.01. The summed E-state index contributed by atoms with van der Waals surface area (Å²) in [4.78, 5) is 4.13. The second kappa shape index (κ2) is 15.7. The second-order valence-electron chi connectivity index (χ2n) is 11.4. The first kappa shape index (κ1) is 37.6. The molecule has 0 aliphatic heterocycles. The summed E-state index contributed by atoms with van der Waals surface area (Å²) in [6, 6.07) is 25.5. The zero-order valence-corrected chi connectivity index (χ0v) is 30.1. The van der Waals surface area contributed by atoms with Gasteiger partial charge < -0.3 is 5.32 Å². The molecule has 4 aromatic carbocycles. The fraction of sp³-hybridized carbons (Fsp3) is 0.162. The Morgan fingerprint density at radius 3 is 1.94 bits per heavy atom. The van der Waals surface area contributed by atoms with Crippen LogP contribution in [0.2, 0.25) is 0 Å². The van der Waals surface area contributed by atoms with Crippen LogP contribution in [-0.4, -0.2) is 46.7 Å². The number of nitrogens with zero attached hydrogens (tertiary/aromatic N) is 1. The summed E-state index contributed by atoms with van der Waals surface area (Å²) >= 11 is 0. The lowest BCUT2D eigenvalue weighted by atomic mass is 9.90. The number of anilines is 1. The van der Waals surface area contributed by atoms with E-state index in [-0.39, 0.29) is 39.4 Å². The van der Waals surface area contributed by atoms with Gasteiger partial charge in [0.25, 0.3) is 30.4 Å². The molecule has 1 aliphatic carbocycles. The molecule has 0 bridgehead atoms. The van der Waals surface area contributed by atoms with Gasteiger partial charge in [0.15, 0.2) is 0 Å². The molecule has 266 valence electrons. The standard InChI is InChI=1S/C37H36N2O9S3/c1-3-35(27-14-21-32(22-15-27)49(40,41)42)39-31-18-23-34(36(24-31)50(43,44)45)37(28-8-6-5-7-9-28)29-12-16-30(17-13-29)38-25-26-10-19-33(20-11-26)51(46,47)48-4-2/h5-24,35,39H,3-4,25H2,1-2H3,(H,40,41,42)(H,43,44,45). The van der Waals surface area contributed by atoms with E-state index in [4.69, 9.17) is 4.18 Å². The predicted molar refractivity (Wildman–Crippen MR) is 196 cm³/mol. The minimum absolute atomic E-state index is 0.0407. The Morgan fingerprint density at radius 2 is 1.37 bits per heavy atom. The maximum atomic E-state index is 12.9. The van der Waals surface area contributed by atoms with E-state index in [1.165, 1.54) is 30.3 Å². The highest BCUT2D eigenvalue weighted by molar-refractivity contribution is 7.87. The van der Waals surface area contributed by atoms with Crippen LogP contribution < -0.4 is 5.32 Å². The molecular formula is C37H36N2O9S3. The third-order valence-corrected chi connectivity index (χ3v) is 11.2. The molecule has 5 rings (SSSR count). The molecule has 0 amide bonds. The van der Waals surface area contributed by atoms with E-state index in [0.717, 1.165) is 5.56 Å². The highest BCUT2D eigenvalue weighted by atomic mass is 32.2. The van der Waals surface area contributed by atoms with Gasteiger partial charge >= 0.3 is 0 Å².